The third kappa shape index (κ3) is 1.96. The van der Waals surface area contributed by atoms with Gasteiger partial charge >= 0.3 is 6.29 Å². The van der Waals surface area contributed by atoms with Crippen LogP contribution in [0, 0.1) is 0 Å². The summed E-state index contributed by atoms with van der Waals surface area (Å²) in [4.78, 5) is 21.3. The molecule has 8 heteroatoms. The lowest BCUT2D eigenvalue weighted by atomic mass is 10.1. The fraction of sp³-hybridized carbons (Fsp3) is 0.111. The Labute approximate surface area is 93.3 Å². The molecule has 0 fully saturated rings. The summed E-state index contributed by atoms with van der Waals surface area (Å²) >= 11 is 0. The molecule has 6 nitrogen and oxygen atoms in total. The molecule has 0 saturated carbocycles. The number of nitrogens with two attached hydrogens (primary N) is 1. The van der Waals surface area contributed by atoms with Crippen LogP contribution in [0.1, 0.15) is 10.4 Å². The van der Waals surface area contributed by atoms with Crippen molar-refractivity contribution in [3.63, 3.8) is 0 Å². The number of primary amides is 1. The second-order valence-corrected chi connectivity index (χ2v) is 3.14. The molecule has 3 N–H and O–H groups in total. The van der Waals surface area contributed by atoms with E-state index in [1.807, 2.05) is 0 Å². The summed E-state index contributed by atoms with van der Waals surface area (Å²) < 4.78 is 33.8. The molecule has 1 aromatic carbocycles. The molecule has 1 aliphatic heterocycles. The van der Waals surface area contributed by atoms with Crippen molar-refractivity contribution in [2.45, 2.75) is 6.29 Å². The van der Waals surface area contributed by atoms with E-state index in [2.05, 4.69) is 14.8 Å². The second-order valence-electron chi connectivity index (χ2n) is 3.14. The van der Waals surface area contributed by atoms with E-state index >= 15 is 0 Å². The summed E-state index contributed by atoms with van der Waals surface area (Å²) in [6.07, 6.45) is -3.51. The quantitative estimate of drug-likeness (QED) is 0.765. The van der Waals surface area contributed by atoms with Gasteiger partial charge in [-0.3, -0.25) is 9.59 Å². The molecule has 0 bridgehead atoms. The van der Waals surface area contributed by atoms with Crippen LogP contribution >= 0.6 is 0 Å². The fourth-order valence-corrected chi connectivity index (χ4v) is 1.38. The van der Waals surface area contributed by atoms with Crippen LogP contribution < -0.4 is 20.5 Å². The molecule has 0 unspecified atom stereocenters. The van der Waals surface area contributed by atoms with E-state index in [1.54, 1.807) is 0 Å². The molecular weight excluding hydrogens is 238 g/mol. The highest BCUT2D eigenvalue weighted by Gasteiger charge is 2.44. The maximum Gasteiger partial charge on any atom is 0.586 e. The number of amides is 2. The number of hydrogen-bond donors (Lipinski definition) is 2. The van der Waals surface area contributed by atoms with Crippen LogP contribution in [0.25, 0.3) is 0 Å². The zero-order valence-corrected chi connectivity index (χ0v) is 8.20. The molecule has 1 heterocycles. The topological polar surface area (TPSA) is 90.7 Å². The fourth-order valence-electron chi connectivity index (χ4n) is 1.38. The molecule has 2 amide bonds. The Kier molecular flexibility index (Phi) is 2.34. The lowest BCUT2D eigenvalue weighted by molar-refractivity contribution is -0.286. The summed E-state index contributed by atoms with van der Waals surface area (Å²) in [7, 11) is 0. The Bertz CT molecular complexity index is 504. The van der Waals surface area contributed by atoms with Gasteiger partial charge in [0.2, 0.25) is 6.41 Å². The molecule has 17 heavy (non-hydrogen) atoms. The zero-order chi connectivity index (χ0) is 12.6. The van der Waals surface area contributed by atoms with Crippen molar-refractivity contribution >= 4 is 18.0 Å². The number of fused-ring (bicyclic) bond motifs is 1. The zero-order valence-electron chi connectivity index (χ0n) is 8.20. The normalized spacial score (nSPS) is 15.4. The lowest BCUT2D eigenvalue weighted by Gasteiger charge is -2.05. The minimum Gasteiger partial charge on any atom is -0.395 e. The van der Waals surface area contributed by atoms with Crippen molar-refractivity contribution in [2.24, 2.45) is 5.73 Å². The van der Waals surface area contributed by atoms with Gasteiger partial charge in [-0.05, 0) is 6.07 Å². The van der Waals surface area contributed by atoms with Crippen LogP contribution in [0.15, 0.2) is 12.1 Å². The minimum atomic E-state index is -3.79. The van der Waals surface area contributed by atoms with Gasteiger partial charge in [0.1, 0.15) is 0 Å². The van der Waals surface area contributed by atoms with Crippen molar-refractivity contribution in [1.29, 1.82) is 0 Å². The molecule has 1 aromatic rings. The summed E-state index contributed by atoms with van der Waals surface area (Å²) in [5.74, 6) is -1.50. The highest BCUT2D eigenvalue weighted by molar-refractivity contribution is 6.01. The van der Waals surface area contributed by atoms with E-state index in [0.717, 1.165) is 12.1 Å². The molecule has 2 rings (SSSR count). The van der Waals surface area contributed by atoms with Crippen molar-refractivity contribution in [2.75, 3.05) is 5.32 Å². The summed E-state index contributed by atoms with van der Waals surface area (Å²) in [5, 5.41) is 2.15. The summed E-state index contributed by atoms with van der Waals surface area (Å²) in [6.45, 7) is 0. The van der Waals surface area contributed by atoms with Crippen LogP contribution in [0.5, 0.6) is 11.5 Å². The van der Waals surface area contributed by atoms with Crippen molar-refractivity contribution < 1.29 is 27.8 Å². The number of carbonyl (C=O) groups is 2. The third-order valence-corrected chi connectivity index (χ3v) is 2.02. The first-order valence-corrected chi connectivity index (χ1v) is 4.37. The highest BCUT2D eigenvalue weighted by Crippen LogP contribution is 2.43. The lowest BCUT2D eigenvalue weighted by Crippen LogP contribution is -2.25. The number of halogens is 2. The maximum absolute atomic E-state index is 12.7. The van der Waals surface area contributed by atoms with E-state index in [4.69, 9.17) is 5.73 Å². The Morgan fingerprint density at radius 1 is 1.35 bits per heavy atom. The number of carbonyl (C=O) groups excluding carboxylic acids is 2. The van der Waals surface area contributed by atoms with Gasteiger partial charge < -0.3 is 20.5 Å². The Hall–Kier alpha value is -2.38. The van der Waals surface area contributed by atoms with E-state index in [-0.39, 0.29) is 29.2 Å². The molecular formula is C9H6F2N2O4. The molecule has 1 aliphatic rings. The predicted octanol–water partition coefficient (Wildman–Crippen LogP) is 0.675. The van der Waals surface area contributed by atoms with Gasteiger partial charge in [0.05, 0.1) is 11.3 Å². The number of hydrogen-bond acceptors (Lipinski definition) is 4. The van der Waals surface area contributed by atoms with Gasteiger partial charge in [-0.1, -0.05) is 0 Å². The summed E-state index contributed by atoms with van der Waals surface area (Å²) in [6, 6.07) is 2.01. The van der Waals surface area contributed by atoms with Crippen LogP contribution in [0.2, 0.25) is 0 Å². The van der Waals surface area contributed by atoms with E-state index in [9.17, 15) is 18.4 Å². The molecule has 0 aliphatic carbocycles. The first-order chi connectivity index (χ1) is 7.93. The van der Waals surface area contributed by atoms with Gasteiger partial charge in [-0.25, -0.2) is 0 Å². The number of anilines is 1. The number of alkyl halides is 2. The predicted molar refractivity (Wildman–Crippen MR) is 50.8 cm³/mol. The van der Waals surface area contributed by atoms with Crippen LogP contribution in [-0.4, -0.2) is 18.6 Å². The van der Waals surface area contributed by atoms with Gasteiger partial charge in [-0.15, -0.1) is 8.78 Å². The molecule has 0 atom stereocenters. The Morgan fingerprint density at radius 3 is 2.47 bits per heavy atom. The van der Waals surface area contributed by atoms with E-state index in [0.29, 0.717) is 0 Å². The minimum absolute atomic E-state index is 0.0347. The van der Waals surface area contributed by atoms with Crippen molar-refractivity contribution in [1.82, 2.24) is 0 Å². The number of ether oxygens (including phenoxy) is 2. The largest absolute Gasteiger partial charge is 0.586 e. The molecule has 90 valence electrons. The Balaban J connectivity index is 2.50. The first kappa shape index (κ1) is 11.1. The van der Waals surface area contributed by atoms with Crippen molar-refractivity contribution in [3.05, 3.63) is 17.7 Å². The smallest absolute Gasteiger partial charge is 0.395 e. The maximum atomic E-state index is 12.7. The van der Waals surface area contributed by atoms with Gasteiger partial charge in [-0.2, -0.15) is 0 Å². The standard InChI is InChI=1S/C9H6F2N2O4/c10-9(11)16-6-1-4(8(12)15)5(13-3-14)2-7(6)17-9/h1-3H,(H2,12,15)(H,13,14). The number of benzene rings is 1. The van der Waals surface area contributed by atoms with Gasteiger partial charge in [0.15, 0.2) is 11.5 Å². The second kappa shape index (κ2) is 3.58. The average molecular weight is 244 g/mol. The summed E-state index contributed by atoms with van der Waals surface area (Å²) in [5.41, 5.74) is 4.84. The van der Waals surface area contributed by atoms with E-state index in [1.165, 1.54) is 0 Å². The monoisotopic (exact) mass is 244 g/mol. The molecule has 0 aromatic heterocycles. The highest BCUT2D eigenvalue weighted by atomic mass is 19.3. The van der Waals surface area contributed by atoms with E-state index < -0.39 is 12.2 Å². The van der Waals surface area contributed by atoms with Gasteiger partial charge in [0.25, 0.3) is 5.91 Å². The van der Waals surface area contributed by atoms with Gasteiger partial charge in [0, 0.05) is 6.07 Å². The molecule has 0 radical (unpaired) electrons. The first-order valence-electron chi connectivity index (χ1n) is 4.37. The van der Waals surface area contributed by atoms with Crippen LogP contribution in [-0.2, 0) is 4.79 Å². The SMILES string of the molecule is NC(=O)c1cc2c(cc1NC=O)OC(F)(F)O2. The third-order valence-electron chi connectivity index (χ3n) is 2.02. The molecule has 0 saturated heterocycles. The van der Waals surface area contributed by atoms with Crippen LogP contribution in [0.3, 0.4) is 0 Å². The average Bonchev–Trinajstić information content (AvgIpc) is 2.50. The molecule has 0 spiro atoms. The van der Waals surface area contributed by atoms with Crippen LogP contribution in [0.4, 0.5) is 14.5 Å². The van der Waals surface area contributed by atoms with Crippen molar-refractivity contribution in [3.8, 4) is 11.5 Å². The number of nitrogens with one attached hydrogen (secondary N) is 1. The number of rotatable bonds is 3. The Morgan fingerprint density at radius 2 is 1.94 bits per heavy atom.